The molecule has 0 saturated carbocycles. The van der Waals surface area contributed by atoms with E-state index in [0.717, 1.165) is 24.1 Å². The van der Waals surface area contributed by atoms with Crippen molar-refractivity contribution < 1.29 is 13.2 Å². The van der Waals surface area contributed by atoms with E-state index in [2.05, 4.69) is 15.5 Å². The Bertz CT molecular complexity index is 1190. The van der Waals surface area contributed by atoms with Gasteiger partial charge >= 0.3 is 0 Å². The molecule has 0 aliphatic carbocycles. The van der Waals surface area contributed by atoms with Gasteiger partial charge in [-0.25, -0.2) is 8.42 Å². The molecule has 10 heteroatoms. The summed E-state index contributed by atoms with van der Waals surface area (Å²) in [5, 5.41) is 11.5. The normalized spacial score (nSPS) is 14.6. The number of para-hydroxylation sites is 1. The van der Waals surface area contributed by atoms with Crippen LogP contribution in [0.2, 0.25) is 0 Å². The van der Waals surface area contributed by atoms with Gasteiger partial charge in [-0.3, -0.25) is 9.36 Å². The van der Waals surface area contributed by atoms with Gasteiger partial charge in [-0.1, -0.05) is 36.0 Å². The molecular weight excluding hydrogens is 434 g/mol. The second kappa shape index (κ2) is 9.21. The molecule has 2 heterocycles. The average Bonchev–Trinajstić information content (AvgIpc) is 3.45. The van der Waals surface area contributed by atoms with Gasteiger partial charge in [-0.05, 0) is 49.6 Å². The SMILES string of the molecule is Cc1ccccc1-n1cnnc1SCC(=O)Nc1cccc(S(=O)(=O)N2CCCC2)c1. The molecule has 1 N–H and O–H groups in total. The van der Waals surface area contributed by atoms with Crippen LogP contribution in [0.5, 0.6) is 0 Å². The van der Waals surface area contributed by atoms with E-state index in [1.165, 1.54) is 22.1 Å². The van der Waals surface area contributed by atoms with Crippen molar-refractivity contribution in [2.75, 3.05) is 24.2 Å². The summed E-state index contributed by atoms with van der Waals surface area (Å²) >= 11 is 1.27. The Kier molecular flexibility index (Phi) is 6.40. The van der Waals surface area contributed by atoms with Crippen molar-refractivity contribution in [2.24, 2.45) is 0 Å². The number of aromatic nitrogens is 3. The fourth-order valence-electron chi connectivity index (χ4n) is 3.46. The van der Waals surface area contributed by atoms with Crippen LogP contribution in [0, 0.1) is 6.92 Å². The Morgan fingerprint density at radius 3 is 2.68 bits per heavy atom. The molecule has 1 saturated heterocycles. The Morgan fingerprint density at radius 2 is 1.90 bits per heavy atom. The van der Waals surface area contributed by atoms with Crippen LogP contribution in [-0.4, -0.2) is 52.2 Å². The van der Waals surface area contributed by atoms with E-state index < -0.39 is 10.0 Å². The van der Waals surface area contributed by atoms with E-state index in [1.54, 1.807) is 24.5 Å². The molecule has 0 spiro atoms. The lowest BCUT2D eigenvalue weighted by molar-refractivity contribution is -0.113. The number of nitrogens with zero attached hydrogens (tertiary/aromatic N) is 4. The summed E-state index contributed by atoms with van der Waals surface area (Å²) in [7, 11) is -3.53. The fraction of sp³-hybridized carbons (Fsp3) is 0.286. The van der Waals surface area contributed by atoms with Gasteiger partial charge in [0.1, 0.15) is 6.33 Å². The second-order valence-electron chi connectivity index (χ2n) is 7.25. The molecule has 0 atom stereocenters. The van der Waals surface area contributed by atoms with Crippen molar-refractivity contribution in [1.82, 2.24) is 19.1 Å². The highest BCUT2D eigenvalue weighted by Gasteiger charge is 2.27. The van der Waals surface area contributed by atoms with Gasteiger partial charge < -0.3 is 5.32 Å². The lowest BCUT2D eigenvalue weighted by Crippen LogP contribution is -2.28. The molecule has 1 aliphatic heterocycles. The largest absolute Gasteiger partial charge is 0.325 e. The summed E-state index contributed by atoms with van der Waals surface area (Å²) < 4.78 is 28.8. The standard InChI is InChI=1S/C21H23N5O3S2/c1-16-7-2-3-10-19(16)26-15-22-24-21(26)30-14-20(27)23-17-8-6-9-18(13-17)31(28,29)25-11-4-5-12-25/h2-3,6-10,13,15H,4-5,11-12,14H2,1H3,(H,23,27). The number of carbonyl (C=O) groups excluding carboxylic acids is 1. The zero-order chi connectivity index (χ0) is 21.8. The monoisotopic (exact) mass is 457 g/mol. The number of anilines is 1. The topological polar surface area (TPSA) is 97.2 Å². The molecule has 2 aromatic carbocycles. The molecule has 0 radical (unpaired) electrons. The first-order valence-electron chi connectivity index (χ1n) is 9.94. The molecule has 31 heavy (non-hydrogen) atoms. The quantitative estimate of drug-likeness (QED) is 0.548. The highest BCUT2D eigenvalue weighted by Crippen LogP contribution is 2.24. The first-order valence-corrected chi connectivity index (χ1v) is 12.4. The zero-order valence-corrected chi connectivity index (χ0v) is 18.7. The molecule has 1 fully saturated rings. The lowest BCUT2D eigenvalue weighted by atomic mass is 10.2. The van der Waals surface area contributed by atoms with Crippen molar-refractivity contribution in [3.05, 3.63) is 60.4 Å². The maximum Gasteiger partial charge on any atom is 0.243 e. The minimum Gasteiger partial charge on any atom is -0.325 e. The Hall–Kier alpha value is -2.69. The predicted octanol–water partition coefficient (Wildman–Crippen LogP) is 3.09. The molecule has 0 bridgehead atoms. The number of rotatable bonds is 7. The number of hydrogen-bond acceptors (Lipinski definition) is 6. The number of sulfonamides is 1. The van der Waals surface area contributed by atoms with E-state index in [4.69, 9.17) is 0 Å². The van der Waals surface area contributed by atoms with Gasteiger partial charge in [0.25, 0.3) is 0 Å². The lowest BCUT2D eigenvalue weighted by Gasteiger charge is -2.16. The molecule has 0 unspecified atom stereocenters. The van der Waals surface area contributed by atoms with Crippen LogP contribution >= 0.6 is 11.8 Å². The number of benzene rings is 2. The van der Waals surface area contributed by atoms with E-state index in [-0.39, 0.29) is 16.6 Å². The summed E-state index contributed by atoms with van der Waals surface area (Å²) in [4.78, 5) is 12.7. The minimum absolute atomic E-state index is 0.119. The summed E-state index contributed by atoms with van der Waals surface area (Å²) in [5.41, 5.74) is 2.48. The van der Waals surface area contributed by atoms with Crippen LogP contribution in [0.15, 0.2) is 64.9 Å². The number of nitrogens with one attached hydrogen (secondary N) is 1. The number of hydrogen-bond donors (Lipinski definition) is 1. The van der Waals surface area contributed by atoms with Gasteiger partial charge in [0.05, 0.1) is 16.3 Å². The van der Waals surface area contributed by atoms with Crippen molar-refractivity contribution in [3.63, 3.8) is 0 Å². The van der Waals surface area contributed by atoms with Crippen molar-refractivity contribution >= 4 is 33.4 Å². The number of amides is 1. The molecule has 162 valence electrons. The molecule has 8 nitrogen and oxygen atoms in total. The van der Waals surface area contributed by atoms with Crippen molar-refractivity contribution in [1.29, 1.82) is 0 Å². The second-order valence-corrected chi connectivity index (χ2v) is 10.1. The fourth-order valence-corrected chi connectivity index (χ4v) is 5.75. The highest BCUT2D eigenvalue weighted by molar-refractivity contribution is 7.99. The van der Waals surface area contributed by atoms with Gasteiger partial charge in [0, 0.05) is 18.8 Å². The Labute approximate surface area is 185 Å². The van der Waals surface area contributed by atoms with Crippen LogP contribution in [0.25, 0.3) is 5.69 Å². The maximum absolute atomic E-state index is 12.7. The van der Waals surface area contributed by atoms with Crippen molar-refractivity contribution in [2.45, 2.75) is 29.8 Å². The summed E-state index contributed by atoms with van der Waals surface area (Å²) in [6.07, 6.45) is 3.37. The van der Waals surface area contributed by atoms with Gasteiger partial charge in [-0.2, -0.15) is 4.31 Å². The van der Waals surface area contributed by atoms with Gasteiger partial charge in [0.2, 0.25) is 15.9 Å². The maximum atomic E-state index is 12.7. The van der Waals surface area contributed by atoms with Crippen LogP contribution in [0.4, 0.5) is 5.69 Å². The summed E-state index contributed by atoms with van der Waals surface area (Å²) in [6.45, 7) is 3.08. The molecule has 1 aromatic heterocycles. The molecular formula is C21H23N5O3S2. The van der Waals surface area contributed by atoms with E-state index in [1.807, 2.05) is 35.8 Å². The summed E-state index contributed by atoms with van der Waals surface area (Å²) in [5.74, 6) is -0.131. The smallest absolute Gasteiger partial charge is 0.243 e. The van der Waals surface area contributed by atoms with Gasteiger partial charge in [-0.15, -0.1) is 10.2 Å². The number of thioether (sulfide) groups is 1. The zero-order valence-electron chi connectivity index (χ0n) is 17.1. The molecule has 4 rings (SSSR count). The average molecular weight is 458 g/mol. The first-order chi connectivity index (χ1) is 14.9. The third kappa shape index (κ3) is 4.81. The third-order valence-corrected chi connectivity index (χ3v) is 7.88. The molecule has 1 amide bonds. The van der Waals surface area contributed by atoms with Crippen LogP contribution < -0.4 is 5.32 Å². The van der Waals surface area contributed by atoms with E-state index in [0.29, 0.717) is 23.9 Å². The van der Waals surface area contributed by atoms with E-state index >= 15 is 0 Å². The van der Waals surface area contributed by atoms with Crippen LogP contribution in [0.1, 0.15) is 18.4 Å². The predicted molar refractivity (Wildman–Crippen MR) is 120 cm³/mol. The Balaban J connectivity index is 1.42. The summed E-state index contributed by atoms with van der Waals surface area (Å²) in [6, 6.07) is 14.2. The molecule has 1 aliphatic rings. The van der Waals surface area contributed by atoms with Gasteiger partial charge in [0.15, 0.2) is 5.16 Å². The van der Waals surface area contributed by atoms with E-state index in [9.17, 15) is 13.2 Å². The Morgan fingerprint density at radius 1 is 1.13 bits per heavy atom. The van der Waals surface area contributed by atoms with Crippen LogP contribution in [-0.2, 0) is 14.8 Å². The third-order valence-electron chi connectivity index (χ3n) is 5.04. The minimum atomic E-state index is -3.53. The number of carbonyl (C=O) groups is 1. The highest BCUT2D eigenvalue weighted by atomic mass is 32.2. The van der Waals surface area contributed by atoms with Crippen molar-refractivity contribution in [3.8, 4) is 5.69 Å². The van der Waals surface area contributed by atoms with Crippen LogP contribution in [0.3, 0.4) is 0 Å². The first kappa shape index (κ1) is 21.5. The number of aryl methyl sites for hydroxylation is 1. The molecule has 3 aromatic rings.